The average molecular weight is 249 g/mol. The maximum Gasteiger partial charge on any atom is 1.00 e. The summed E-state index contributed by atoms with van der Waals surface area (Å²) >= 11 is 0. The summed E-state index contributed by atoms with van der Waals surface area (Å²) in [5.74, 6) is -0.165. The molecule has 1 unspecified atom stereocenters. The van der Waals surface area contributed by atoms with Gasteiger partial charge >= 0.3 is 35.5 Å². The monoisotopic (exact) mass is 248 g/mol. The van der Waals surface area contributed by atoms with E-state index < -0.39 is 0 Å². The fraction of sp³-hybridized carbons (Fsp3) is 0.417. The van der Waals surface area contributed by atoms with E-state index in [2.05, 4.69) is 6.92 Å². The number of cyclic esters (lactones) is 1. The van der Waals surface area contributed by atoms with Gasteiger partial charge < -0.3 is 17.1 Å². The molecule has 0 radical (unpaired) electrons. The number of halogens is 1. The fourth-order valence-electron chi connectivity index (χ4n) is 1.82. The summed E-state index contributed by atoms with van der Waals surface area (Å²) in [7, 11) is 0. The van der Waals surface area contributed by atoms with E-state index in [1.54, 1.807) is 0 Å². The SMILES string of the molecule is CCCCC1OC(=O)c2ccccc21.[Cl-].[Na+]. The molecule has 0 fully saturated rings. The molecule has 2 nitrogen and oxygen atoms in total. The molecular weight excluding hydrogens is 235 g/mol. The minimum absolute atomic E-state index is 0. The number of fused-ring (bicyclic) bond motifs is 1. The number of ether oxygens (including phenoxy) is 1. The van der Waals surface area contributed by atoms with Gasteiger partial charge in [-0.05, 0) is 18.9 Å². The molecule has 2 rings (SSSR count). The number of carbonyl (C=O) groups is 1. The summed E-state index contributed by atoms with van der Waals surface area (Å²) in [4.78, 5) is 11.4. The van der Waals surface area contributed by atoms with Crippen LogP contribution in [0.2, 0.25) is 0 Å². The van der Waals surface area contributed by atoms with Crippen LogP contribution in [0.1, 0.15) is 48.2 Å². The van der Waals surface area contributed by atoms with Gasteiger partial charge in [-0.3, -0.25) is 0 Å². The second-order valence-electron chi connectivity index (χ2n) is 3.62. The van der Waals surface area contributed by atoms with Gasteiger partial charge in [0.15, 0.2) is 0 Å². The quantitative estimate of drug-likeness (QED) is 0.424. The molecule has 16 heavy (non-hydrogen) atoms. The van der Waals surface area contributed by atoms with Crippen LogP contribution in [0.4, 0.5) is 0 Å². The second kappa shape index (κ2) is 7.33. The normalized spacial score (nSPS) is 16.8. The summed E-state index contributed by atoms with van der Waals surface area (Å²) in [6.45, 7) is 2.14. The van der Waals surface area contributed by atoms with Crippen molar-refractivity contribution in [2.75, 3.05) is 0 Å². The number of benzene rings is 1. The van der Waals surface area contributed by atoms with Crippen molar-refractivity contribution in [3.8, 4) is 0 Å². The van der Waals surface area contributed by atoms with Gasteiger partial charge in [-0.15, -0.1) is 0 Å². The van der Waals surface area contributed by atoms with Crippen LogP contribution in [0.15, 0.2) is 24.3 Å². The minimum atomic E-state index is -0.165. The van der Waals surface area contributed by atoms with Crippen LogP contribution in [-0.4, -0.2) is 5.97 Å². The van der Waals surface area contributed by atoms with Crippen LogP contribution >= 0.6 is 0 Å². The number of rotatable bonds is 3. The third kappa shape index (κ3) is 3.24. The van der Waals surface area contributed by atoms with E-state index in [1.807, 2.05) is 24.3 Å². The van der Waals surface area contributed by atoms with Crippen molar-refractivity contribution in [2.45, 2.75) is 32.3 Å². The molecule has 0 N–H and O–H groups in total. The Balaban J connectivity index is 0.00000112. The third-order valence-corrected chi connectivity index (χ3v) is 2.60. The molecule has 82 valence electrons. The molecular formula is C12H14ClNaO2. The average Bonchev–Trinajstić information content (AvgIpc) is 2.54. The zero-order chi connectivity index (χ0) is 9.97. The molecule has 0 saturated heterocycles. The van der Waals surface area contributed by atoms with Crippen LogP contribution in [0.3, 0.4) is 0 Å². The molecule has 1 aromatic carbocycles. The van der Waals surface area contributed by atoms with E-state index in [4.69, 9.17) is 4.74 Å². The number of hydrogen-bond acceptors (Lipinski definition) is 2. The second-order valence-corrected chi connectivity index (χ2v) is 3.62. The summed E-state index contributed by atoms with van der Waals surface area (Å²) in [6.07, 6.45) is 3.18. The molecule has 1 atom stereocenters. The van der Waals surface area contributed by atoms with E-state index in [0.29, 0.717) is 0 Å². The van der Waals surface area contributed by atoms with Crippen molar-refractivity contribution in [1.82, 2.24) is 0 Å². The summed E-state index contributed by atoms with van der Waals surface area (Å²) in [6, 6.07) is 7.66. The standard InChI is InChI=1S/C12H14O2.ClH.Na/c1-2-3-8-11-9-6-4-5-7-10(9)12(13)14-11;;/h4-7,11H,2-3,8H2,1H3;1H;/q;;+1/p-1. The van der Waals surface area contributed by atoms with Crippen LogP contribution in [0.5, 0.6) is 0 Å². The number of hydrogen-bond donors (Lipinski definition) is 0. The molecule has 0 aromatic heterocycles. The van der Waals surface area contributed by atoms with Crippen LogP contribution in [0, 0.1) is 0 Å². The zero-order valence-electron chi connectivity index (χ0n) is 9.70. The van der Waals surface area contributed by atoms with Gasteiger partial charge in [0, 0.05) is 5.56 Å². The Morgan fingerprint density at radius 2 is 2.00 bits per heavy atom. The predicted molar refractivity (Wildman–Crippen MR) is 54.1 cm³/mol. The first-order valence-corrected chi connectivity index (χ1v) is 5.13. The van der Waals surface area contributed by atoms with Crippen molar-refractivity contribution < 1.29 is 51.5 Å². The first-order valence-electron chi connectivity index (χ1n) is 5.13. The van der Waals surface area contributed by atoms with Crippen molar-refractivity contribution in [3.05, 3.63) is 35.4 Å². The van der Waals surface area contributed by atoms with Crippen molar-refractivity contribution in [3.63, 3.8) is 0 Å². The Bertz CT molecular complexity index is 355. The Hall–Kier alpha value is -0.0200. The van der Waals surface area contributed by atoms with Gasteiger partial charge in [0.2, 0.25) is 0 Å². The maximum atomic E-state index is 11.4. The molecule has 0 saturated carbocycles. The van der Waals surface area contributed by atoms with E-state index in [0.717, 1.165) is 30.4 Å². The maximum absolute atomic E-state index is 11.4. The predicted octanol–water partition coefficient (Wildman–Crippen LogP) is -2.90. The molecule has 1 heterocycles. The molecule has 1 aliphatic heterocycles. The van der Waals surface area contributed by atoms with Crippen molar-refractivity contribution in [2.24, 2.45) is 0 Å². The third-order valence-electron chi connectivity index (χ3n) is 2.60. The summed E-state index contributed by atoms with van der Waals surface area (Å²) in [5.41, 5.74) is 1.81. The van der Waals surface area contributed by atoms with Gasteiger partial charge in [0.05, 0.1) is 5.56 Å². The molecule has 4 heteroatoms. The van der Waals surface area contributed by atoms with E-state index >= 15 is 0 Å². The zero-order valence-corrected chi connectivity index (χ0v) is 12.5. The summed E-state index contributed by atoms with van der Waals surface area (Å²) < 4.78 is 5.29. The fourth-order valence-corrected chi connectivity index (χ4v) is 1.82. The molecule has 0 spiro atoms. The number of esters is 1. The van der Waals surface area contributed by atoms with Gasteiger partial charge in [-0.1, -0.05) is 31.5 Å². The van der Waals surface area contributed by atoms with Crippen LogP contribution < -0.4 is 42.0 Å². The van der Waals surface area contributed by atoms with Crippen molar-refractivity contribution in [1.29, 1.82) is 0 Å². The Morgan fingerprint density at radius 3 is 2.69 bits per heavy atom. The molecule has 1 aliphatic rings. The van der Waals surface area contributed by atoms with Crippen LogP contribution in [0.25, 0.3) is 0 Å². The summed E-state index contributed by atoms with van der Waals surface area (Å²) in [5, 5.41) is 0. The van der Waals surface area contributed by atoms with Gasteiger partial charge in [-0.25, -0.2) is 4.79 Å². The van der Waals surface area contributed by atoms with Gasteiger partial charge in [0.25, 0.3) is 0 Å². The first-order chi connectivity index (χ1) is 6.83. The smallest absolute Gasteiger partial charge is 1.00 e. The van der Waals surface area contributed by atoms with Crippen LogP contribution in [-0.2, 0) is 4.74 Å². The largest absolute Gasteiger partial charge is 1.00 e. The van der Waals surface area contributed by atoms with Crippen molar-refractivity contribution >= 4 is 5.97 Å². The van der Waals surface area contributed by atoms with E-state index in [-0.39, 0.29) is 54.0 Å². The first kappa shape index (κ1) is 16.0. The van der Waals surface area contributed by atoms with E-state index in [1.165, 1.54) is 0 Å². The Morgan fingerprint density at radius 1 is 1.31 bits per heavy atom. The minimum Gasteiger partial charge on any atom is -1.00 e. The van der Waals surface area contributed by atoms with Gasteiger partial charge in [-0.2, -0.15) is 0 Å². The molecule has 1 aromatic rings. The molecule has 0 bridgehead atoms. The number of unbranched alkanes of at least 4 members (excludes halogenated alkanes) is 1. The number of carbonyl (C=O) groups excluding carboxylic acids is 1. The Labute approximate surface area is 124 Å². The Kier molecular flexibility index (Phi) is 7.32. The molecule has 0 amide bonds. The van der Waals surface area contributed by atoms with E-state index in [9.17, 15) is 4.79 Å². The van der Waals surface area contributed by atoms with Gasteiger partial charge in [0.1, 0.15) is 6.10 Å². The topological polar surface area (TPSA) is 26.3 Å². The molecule has 0 aliphatic carbocycles.